The van der Waals surface area contributed by atoms with Gasteiger partial charge in [0.05, 0.1) is 0 Å². The zero-order chi connectivity index (χ0) is 9.68. The lowest BCUT2D eigenvalue weighted by molar-refractivity contribution is 0.387. The van der Waals surface area contributed by atoms with E-state index in [9.17, 15) is 13.2 Å². The summed E-state index contributed by atoms with van der Waals surface area (Å²) >= 11 is 0. The minimum Gasteiger partial charge on any atom is -0.201 e. The Morgan fingerprint density at radius 2 is 1.62 bits per heavy atom. The van der Waals surface area contributed by atoms with Crippen LogP contribution in [0.5, 0.6) is 0 Å². The first-order chi connectivity index (χ1) is 6.20. The SMILES string of the molecule is FC(F)=C(F)/C=C/c1ccccc1. The first-order valence-electron chi connectivity index (χ1n) is 3.64. The van der Waals surface area contributed by atoms with Crippen LogP contribution in [0.25, 0.3) is 6.08 Å². The standard InChI is InChI=1S/C10H7F3/c11-9(10(12)13)7-6-8-4-2-1-3-5-8/h1-7H/b7-6+. The van der Waals surface area contributed by atoms with Crippen LogP contribution >= 0.6 is 0 Å². The third-order valence-corrected chi connectivity index (χ3v) is 1.40. The number of benzene rings is 1. The Bertz CT molecular complexity index is 321. The summed E-state index contributed by atoms with van der Waals surface area (Å²) < 4.78 is 35.4. The minimum absolute atomic E-state index is 0.680. The van der Waals surface area contributed by atoms with Crippen LogP contribution in [0.4, 0.5) is 13.2 Å². The molecule has 0 saturated heterocycles. The molecular formula is C10H7F3. The first-order valence-corrected chi connectivity index (χ1v) is 3.64. The van der Waals surface area contributed by atoms with E-state index in [4.69, 9.17) is 0 Å². The summed E-state index contributed by atoms with van der Waals surface area (Å²) in [4.78, 5) is 0. The summed E-state index contributed by atoms with van der Waals surface area (Å²) in [5.41, 5.74) is 0.680. The molecule has 0 aromatic heterocycles. The molecule has 0 amide bonds. The molecule has 0 saturated carbocycles. The van der Waals surface area contributed by atoms with Gasteiger partial charge in [-0.2, -0.15) is 8.78 Å². The van der Waals surface area contributed by atoms with E-state index in [1.54, 1.807) is 30.3 Å². The highest BCUT2D eigenvalue weighted by atomic mass is 19.3. The van der Waals surface area contributed by atoms with Gasteiger partial charge in [0.2, 0.25) is 0 Å². The van der Waals surface area contributed by atoms with E-state index in [0.29, 0.717) is 5.56 Å². The lowest BCUT2D eigenvalue weighted by Crippen LogP contribution is -1.71. The van der Waals surface area contributed by atoms with Gasteiger partial charge >= 0.3 is 6.08 Å². The number of hydrogen-bond donors (Lipinski definition) is 0. The quantitative estimate of drug-likeness (QED) is 0.613. The minimum atomic E-state index is -2.30. The molecule has 0 bridgehead atoms. The highest BCUT2D eigenvalue weighted by Gasteiger charge is 1.98. The second kappa shape index (κ2) is 4.50. The van der Waals surface area contributed by atoms with Gasteiger partial charge in [0, 0.05) is 0 Å². The van der Waals surface area contributed by atoms with Crippen molar-refractivity contribution in [3.05, 3.63) is 53.9 Å². The monoisotopic (exact) mass is 184 g/mol. The summed E-state index contributed by atoms with van der Waals surface area (Å²) in [5.74, 6) is -1.50. The number of halogens is 3. The van der Waals surface area contributed by atoms with Crippen LogP contribution in [0.2, 0.25) is 0 Å². The molecule has 0 aliphatic carbocycles. The molecule has 0 fully saturated rings. The molecule has 13 heavy (non-hydrogen) atoms. The molecule has 0 spiro atoms. The van der Waals surface area contributed by atoms with E-state index >= 15 is 0 Å². The average molecular weight is 184 g/mol. The molecule has 0 N–H and O–H groups in total. The molecule has 0 aliphatic rings. The van der Waals surface area contributed by atoms with Crippen LogP contribution in [-0.4, -0.2) is 0 Å². The summed E-state index contributed by atoms with van der Waals surface area (Å²) in [7, 11) is 0. The molecule has 1 rings (SSSR count). The normalized spacial score (nSPS) is 10.4. The Labute approximate surface area is 74.0 Å². The van der Waals surface area contributed by atoms with Crippen molar-refractivity contribution in [2.75, 3.05) is 0 Å². The molecule has 0 heterocycles. The summed E-state index contributed by atoms with van der Waals surface area (Å²) in [5, 5.41) is 0. The van der Waals surface area contributed by atoms with E-state index < -0.39 is 11.9 Å². The van der Waals surface area contributed by atoms with E-state index in [1.807, 2.05) is 0 Å². The second-order valence-corrected chi connectivity index (χ2v) is 2.35. The molecule has 0 unspecified atom stereocenters. The van der Waals surface area contributed by atoms with Gasteiger partial charge in [-0.1, -0.05) is 36.4 Å². The maximum Gasteiger partial charge on any atom is 0.305 e. The highest BCUT2D eigenvalue weighted by Crippen LogP contribution is 2.12. The van der Waals surface area contributed by atoms with Gasteiger partial charge in [-0.05, 0) is 11.6 Å². The fourth-order valence-electron chi connectivity index (χ4n) is 0.797. The Hall–Kier alpha value is -1.51. The molecule has 0 aliphatic heterocycles. The Morgan fingerprint density at radius 3 is 2.15 bits per heavy atom. The second-order valence-electron chi connectivity index (χ2n) is 2.35. The van der Waals surface area contributed by atoms with Gasteiger partial charge in [-0.3, -0.25) is 0 Å². The van der Waals surface area contributed by atoms with Gasteiger partial charge in [-0.15, -0.1) is 0 Å². The van der Waals surface area contributed by atoms with Crippen molar-refractivity contribution < 1.29 is 13.2 Å². The fraction of sp³-hybridized carbons (Fsp3) is 0. The lowest BCUT2D eigenvalue weighted by Gasteiger charge is -1.89. The van der Waals surface area contributed by atoms with Crippen LogP contribution in [0, 0.1) is 0 Å². The zero-order valence-corrected chi connectivity index (χ0v) is 6.68. The molecule has 0 radical (unpaired) electrons. The van der Waals surface area contributed by atoms with Gasteiger partial charge < -0.3 is 0 Å². The van der Waals surface area contributed by atoms with Crippen molar-refractivity contribution in [1.29, 1.82) is 0 Å². The molecule has 0 atom stereocenters. The Balaban J connectivity index is 2.76. The van der Waals surface area contributed by atoms with Crippen molar-refractivity contribution in [3.63, 3.8) is 0 Å². The predicted molar refractivity (Wildman–Crippen MR) is 45.8 cm³/mol. The van der Waals surface area contributed by atoms with Crippen molar-refractivity contribution in [2.24, 2.45) is 0 Å². The van der Waals surface area contributed by atoms with Gasteiger partial charge in [0.1, 0.15) is 0 Å². The van der Waals surface area contributed by atoms with Crippen molar-refractivity contribution in [3.8, 4) is 0 Å². The third kappa shape index (κ3) is 3.15. The van der Waals surface area contributed by atoms with Crippen LogP contribution in [0.15, 0.2) is 48.3 Å². The Morgan fingerprint density at radius 1 is 1.00 bits per heavy atom. The fourth-order valence-corrected chi connectivity index (χ4v) is 0.797. The maximum absolute atomic E-state index is 12.3. The number of rotatable bonds is 2. The first kappa shape index (κ1) is 9.58. The van der Waals surface area contributed by atoms with Gasteiger partial charge in [0.25, 0.3) is 0 Å². The third-order valence-electron chi connectivity index (χ3n) is 1.40. The molecule has 3 heteroatoms. The highest BCUT2D eigenvalue weighted by molar-refractivity contribution is 5.51. The average Bonchev–Trinajstić information content (AvgIpc) is 2.15. The van der Waals surface area contributed by atoms with Crippen LogP contribution < -0.4 is 0 Å². The van der Waals surface area contributed by atoms with E-state index in [-0.39, 0.29) is 0 Å². The molecular weight excluding hydrogens is 177 g/mol. The predicted octanol–water partition coefficient (Wildman–Crippen LogP) is 3.78. The largest absolute Gasteiger partial charge is 0.305 e. The molecule has 68 valence electrons. The van der Waals surface area contributed by atoms with Gasteiger partial charge in [0.15, 0.2) is 5.83 Å². The van der Waals surface area contributed by atoms with E-state index in [0.717, 1.165) is 6.08 Å². The van der Waals surface area contributed by atoms with Crippen LogP contribution in [-0.2, 0) is 0 Å². The molecule has 1 aromatic carbocycles. The van der Waals surface area contributed by atoms with E-state index in [1.165, 1.54) is 6.08 Å². The molecule has 0 nitrogen and oxygen atoms in total. The number of hydrogen-bond acceptors (Lipinski definition) is 0. The maximum atomic E-state index is 12.3. The van der Waals surface area contributed by atoms with Crippen molar-refractivity contribution >= 4 is 6.08 Å². The van der Waals surface area contributed by atoms with Crippen LogP contribution in [0.3, 0.4) is 0 Å². The van der Waals surface area contributed by atoms with Crippen LogP contribution in [0.1, 0.15) is 5.56 Å². The van der Waals surface area contributed by atoms with Crippen molar-refractivity contribution in [2.45, 2.75) is 0 Å². The van der Waals surface area contributed by atoms with Gasteiger partial charge in [-0.25, -0.2) is 4.39 Å². The van der Waals surface area contributed by atoms with E-state index in [2.05, 4.69) is 0 Å². The topological polar surface area (TPSA) is 0 Å². The smallest absolute Gasteiger partial charge is 0.201 e. The summed E-state index contributed by atoms with van der Waals surface area (Å²) in [6, 6.07) is 8.67. The van der Waals surface area contributed by atoms with Crippen molar-refractivity contribution in [1.82, 2.24) is 0 Å². The number of allylic oxidation sites excluding steroid dienone is 2. The molecule has 1 aromatic rings. The Kier molecular flexibility index (Phi) is 3.31. The summed E-state index contributed by atoms with van der Waals surface area (Å²) in [6.07, 6.45) is -0.272. The summed E-state index contributed by atoms with van der Waals surface area (Å²) in [6.45, 7) is 0. The lowest BCUT2D eigenvalue weighted by atomic mass is 10.2. The zero-order valence-electron chi connectivity index (χ0n) is 6.68.